The van der Waals surface area contributed by atoms with Crippen LogP contribution in [-0.2, 0) is 10.0 Å². The molecule has 2 aromatic rings. The third-order valence-electron chi connectivity index (χ3n) is 3.19. The number of nitrogens with one attached hydrogen (secondary N) is 1. The maximum absolute atomic E-state index is 12.3. The van der Waals surface area contributed by atoms with Crippen LogP contribution < -0.4 is 15.2 Å². The summed E-state index contributed by atoms with van der Waals surface area (Å²) in [4.78, 5) is 11.1. The van der Waals surface area contributed by atoms with Gasteiger partial charge in [-0.15, -0.1) is 0 Å². The van der Waals surface area contributed by atoms with E-state index in [1.807, 2.05) is 0 Å². The van der Waals surface area contributed by atoms with Gasteiger partial charge in [-0.25, -0.2) is 8.42 Å². The topological polar surface area (TPSA) is 98.5 Å². The van der Waals surface area contributed by atoms with Crippen LogP contribution in [0.25, 0.3) is 0 Å². The Kier molecular flexibility index (Phi) is 6.17. The number of nitrogens with two attached hydrogens (primary N) is 1. The highest BCUT2D eigenvalue weighted by Gasteiger charge is 2.18. The first-order valence-corrected chi connectivity index (χ1v) is 9.02. The molecule has 2 rings (SSSR count). The zero-order valence-electron chi connectivity index (χ0n) is 13.7. The molecule has 0 atom stereocenters. The number of benzene rings is 2. The fourth-order valence-corrected chi connectivity index (χ4v) is 3.09. The molecule has 130 valence electrons. The average Bonchev–Trinajstić information content (AvgIpc) is 2.60. The van der Waals surface area contributed by atoms with E-state index in [1.165, 1.54) is 6.07 Å². The van der Waals surface area contributed by atoms with Crippen LogP contribution in [0.5, 0.6) is 5.75 Å². The van der Waals surface area contributed by atoms with Crippen molar-refractivity contribution in [2.24, 2.45) is 5.73 Å². The molecule has 0 saturated carbocycles. The summed E-state index contributed by atoms with van der Waals surface area (Å²) >= 11 is 0. The molecule has 1 amide bonds. The molecule has 0 radical (unpaired) electrons. The monoisotopic (exact) mass is 358 g/mol. The largest absolute Gasteiger partial charge is 0.492 e. The van der Waals surface area contributed by atoms with Gasteiger partial charge in [-0.1, -0.05) is 24.0 Å². The van der Waals surface area contributed by atoms with E-state index in [4.69, 9.17) is 10.5 Å². The van der Waals surface area contributed by atoms with E-state index in [-0.39, 0.29) is 11.4 Å². The normalized spacial score (nSPS) is 10.6. The predicted octanol–water partition coefficient (Wildman–Crippen LogP) is 1.51. The smallest absolute Gasteiger partial charge is 0.248 e. The van der Waals surface area contributed by atoms with Crippen LogP contribution in [-0.4, -0.2) is 27.5 Å². The molecule has 0 aliphatic heterocycles. The molecule has 3 N–H and O–H groups in total. The van der Waals surface area contributed by atoms with E-state index in [9.17, 15) is 13.2 Å². The third kappa shape index (κ3) is 5.08. The van der Waals surface area contributed by atoms with Crippen molar-refractivity contribution in [2.75, 3.05) is 13.2 Å². The number of para-hydroxylation sites is 1. The quantitative estimate of drug-likeness (QED) is 0.765. The van der Waals surface area contributed by atoms with E-state index in [1.54, 1.807) is 49.4 Å². The van der Waals surface area contributed by atoms with Gasteiger partial charge in [0.2, 0.25) is 15.9 Å². The van der Waals surface area contributed by atoms with Gasteiger partial charge in [0.05, 0.1) is 13.2 Å². The molecular formula is C18H18N2O4S. The molecule has 0 aliphatic rings. The van der Waals surface area contributed by atoms with E-state index >= 15 is 0 Å². The Bertz CT molecular complexity index is 910. The molecule has 0 aromatic heterocycles. The Morgan fingerprint density at radius 2 is 1.84 bits per heavy atom. The molecule has 0 bridgehead atoms. The maximum Gasteiger partial charge on any atom is 0.248 e. The van der Waals surface area contributed by atoms with Crippen molar-refractivity contribution in [2.45, 2.75) is 11.8 Å². The summed E-state index contributed by atoms with van der Waals surface area (Å²) in [6.45, 7) is 2.10. The average molecular weight is 358 g/mol. The van der Waals surface area contributed by atoms with Crippen molar-refractivity contribution in [3.8, 4) is 17.6 Å². The number of hydrogen-bond acceptors (Lipinski definition) is 4. The minimum absolute atomic E-state index is 0.0552. The van der Waals surface area contributed by atoms with E-state index in [2.05, 4.69) is 16.6 Å². The van der Waals surface area contributed by atoms with E-state index in [0.717, 1.165) is 0 Å². The Morgan fingerprint density at radius 1 is 1.16 bits per heavy atom. The molecular weight excluding hydrogens is 340 g/mol. The summed E-state index contributed by atoms with van der Waals surface area (Å²) in [5.74, 6) is 5.33. The first kappa shape index (κ1) is 18.5. The highest BCUT2D eigenvalue weighted by Crippen LogP contribution is 2.22. The minimum atomic E-state index is -3.72. The van der Waals surface area contributed by atoms with Gasteiger partial charge < -0.3 is 10.5 Å². The Morgan fingerprint density at radius 3 is 2.48 bits per heavy atom. The summed E-state index contributed by atoms with van der Waals surface area (Å²) in [5.41, 5.74) is 6.20. The number of primary amides is 1. The van der Waals surface area contributed by atoms with Crippen molar-refractivity contribution in [1.82, 2.24) is 4.72 Å². The number of carbonyl (C=O) groups excluding carboxylic acids is 1. The molecule has 0 saturated heterocycles. The second kappa shape index (κ2) is 8.33. The van der Waals surface area contributed by atoms with Crippen LogP contribution >= 0.6 is 0 Å². The first-order chi connectivity index (χ1) is 11.9. The Hall–Kier alpha value is -2.82. The number of rotatable bonds is 6. The minimum Gasteiger partial charge on any atom is -0.492 e. The lowest BCUT2D eigenvalue weighted by Crippen LogP contribution is -2.24. The van der Waals surface area contributed by atoms with Gasteiger partial charge in [-0.05, 0) is 43.3 Å². The lowest BCUT2D eigenvalue weighted by atomic mass is 10.1. The van der Waals surface area contributed by atoms with Crippen LogP contribution in [0, 0.1) is 11.8 Å². The predicted molar refractivity (Wildman–Crippen MR) is 94.6 cm³/mol. The first-order valence-electron chi connectivity index (χ1n) is 7.54. The Labute approximate surface area is 147 Å². The van der Waals surface area contributed by atoms with Gasteiger partial charge in [0.15, 0.2) is 0 Å². The molecule has 0 fully saturated rings. The standard InChI is InChI=1S/C18H18N2O4S/c1-2-24-16-7-3-4-8-17(16)25(22,23)20-13-5-6-14-9-11-15(12-10-14)18(19)21/h3-4,7-12,20H,2,13H2,1H3,(H2,19,21). The van der Waals surface area contributed by atoms with Gasteiger partial charge in [-0.3, -0.25) is 4.79 Å². The molecule has 7 heteroatoms. The van der Waals surface area contributed by atoms with Crippen molar-refractivity contribution in [3.63, 3.8) is 0 Å². The zero-order valence-corrected chi connectivity index (χ0v) is 14.5. The van der Waals surface area contributed by atoms with Crippen LogP contribution in [0.3, 0.4) is 0 Å². The van der Waals surface area contributed by atoms with Gasteiger partial charge in [0.25, 0.3) is 0 Å². The van der Waals surface area contributed by atoms with Crippen LogP contribution in [0.15, 0.2) is 53.4 Å². The van der Waals surface area contributed by atoms with Gasteiger partial charge >= 0.3 is 0 Å². The van der Waals surface area contributed by atoms with Crippen molar-refractivity contribution < 1.29 is 17.9 Å². The zero-order chi connectivity index (χ0) is 18.3. The number of carbonyl (C=O) groups is 1. The molecule has 0 heterocycles. The van der Waals surface area contributed by atoms with Crippen molar-refractivity contribution in [1.29, 1.82) is 0 Å². The van der Waals surface area contributed by atoms with Crippen LogP contribution in [0.1, 0.15) is 22.8 Å². The molecule has 0 unspecified atom stereocenters. The third-order valence-corrected chi connectivity index (χ3v) is 4.63. The van der Waals surface area contributed by atoms with Gasteiger partial charge in [-0.2, -0.15) is 4.72 Å². The summed E-state index contributed by atoms with van der Waals surface area (Å²) < 4.78 is 32.5. The number of hydrogen-bond donors (Lipinski definition) is 2. The highest BCUT2D eigenvalue weighted by molar-refractivity contribution is 7.89. The summed E-state index contributed by atoms with van der Waals surface area (Å²) in [5, 5.41) is 0. The lowest BCUT2D eigenvalue weighted by molar-refractivity contribution is 0.100. The second-order valence-corrected chi connectivity index (χ2v) is 6.68. The van der Waals surface area contributed by atoms with Crippen LogP contribution in [0.4, 0.5) is 0 Å². The van der Waals surface area contributed by atoms with E-state index < -0.39 is 15.9 Å². The number of amides is 1. The fourth-order valence-electron chi connectivity index (χ4n) is 2.02. The lowest BCUT2D eigenvalue weighted by Gasteiger charge is -2.10. The number of ether oxygens (including phenoxy) is 1. The van der Waals surface area contributed by atoms with Crippen molar-refractivity contribution >= 4 is 15.9 Å². The highest BCUT2D eigenvalue weighted by atomic mass is 32.2. The maximum atomic E-state index is 12.3. The summed E-state index contributed by atoms with van der Waals surface area (Å²) in [6.07, 6.45) is 0. The van der Waals surface area contributed by atoms with Gasteiger partial charge in [0, 0.05) is 11.1 Å². The SMILES string of the molecule is CCOc1ccccc1S(=O)(=O)NCC#Cc1ccc(C(N)=O)cc1. The molecule has 0 spiro atoms. The molecule has 0 aliphatic carbocycles. The molecule has 25 heavy (non-hydrogen) atoms. The fraction of sp³-hybridized carbons (Fsp3) is 0.167. The van der Waals surface area contributed by atoms with Gasteiger partial charge in [0.1, 0.15) is 10.6 Å². The van der Waals surface area contributed by atoms with E-state index in [0.29, 0.717) is 23.5 Å². The number of sulfonamides is 1. The summed E-state index contributed by atoms with van der Waals surface area (Å²) in [7, 11) is -3.72. The molecule has 2 aromatic carbocycles. The van der Waals surface area contributed by atoms with Crippen LogP contribution in [0.2, 0.25) is 0 Å². The second-order valence-electron chi connectivity index (χ2n) is 4.95. The molecule has 6 nitrogen and oxygen atoms in total. The van der Waals surface area contributed by atoms with Crippen molar-refractivity contribution in [3.05, 3.63) is 59.7 Å². The Balaban J connectivity index is 2.05. The summed E-state index contributed by atoms with van der Waals surface area (Å²) in [6, 6.07) is 12.8.